The molecule has 0 aliphatic carbocycles. The van der Waals surface area contributed by atoms with E-state index in [4.69, 9.17) is 28.2 Å². The fraction of sp³-hybridized carbons (Fsp3) is 0.474. The summed E-state index contributed by atoms with van der Waals surface area (Å²) in [4.78, 5) is 6.86. The van der Waals surface area contributed by atoms with Crippen LogP contribution < -0.4 is 5.32 Å². The molecule has 0 spiro atoms. The van der Waals surface area contributed by atoms with Crippen LogP contribution in [0.3, 0.4) is 0 Å². The van der Waals surface area contributed by atoms with Gasteiger partial charge in [-0.2, -0.15) is 5.10 Å². The summed E-state index contributed by atoms with van der Waals surface area (Å²) in [5.74, 6) is 0.873. The Labute approximate surface area is 166 Å². The van der Waals surface area contributed by atoms with Crippen molar-refractivity contribution in [2.75, 3.05) is 20.1 Å². The minimum absolute atomic E-state index is 0.570. The number of hydrogen-bond donors (Lipinski definition) is 1. The van der Waals surface area contributed by atoms with Crippen LogP contribution in [0.1, 0.15) is 29.4 Å². The van der Waals surface area contributed by atoms with Crippen molar-refractivity contribution in [3.8, 4) is 0 Å². The first-order valence-corrected chi connectivity index (χ1v) is 9.51. The molecule has 5 nitrogen and oxygen atoms in total. The third kappa shape index (κ3) is 5.15. The van der Waals surface area contributed by atoms with Crippen molar-refractivity contribution < 1.29 is 0 Å². The highest BCUT2D eigenvalue weighted by atomic mass is 35.5. The molecule has 0 radical (unpaired) electrons. The monoisotopic (exact) mass is 395 g/mol. The first-order chi connectivity index (χ1) is 12.3. The summed E-state index contributed by atoms with van der Waals surface area (Å²) in [5, 5.41) is 8.96. The Morgan fingerprint density at radius 2 is 2.00 bits per heavy atom. The van der Waals surface area contributed by atoms with Crippen molar-refractivity contribution >= 4 is 29.2 Å². The topological polar surface area (TPSA) is 45.5 Å². The summed E-state index contributed by atoms with van der Waals surface area (Å²) >= 11 is 12.1. The molecule has 0 aliphatic rings. The molecule has 1 N–H and O–H groups in total. The van der Waals surface area contributed by atoms with Gasteiger partial charge in [-0.15, -0.1) is 0 Å². The van der Waals surface area contributed by atoms with E-state index in [2.05, 4.69) is 29.2 Å². The zero-order valence-corrected chi connectivity index (χ0v) is 17.6. The Hall–Kier alpha value is -1.72. The van der Waals surface area contributed by atoms with Crippen molar-refractivity contribution in [2.45, 2.75) is 33.7 Å². The number of aryl methyl sites for hydroxylation is 2. The summed E-state index contributed by atoms with van der Waals surface area (Å²) in [6, 6.07) is 5.70. The Balaban J connectivity index is 2.05. The van der Waals surface area contributed by atoms with Gasteiger partial charge >= 0.3 is 0 Å². The first-order valence-electron chi connectivity index (χ1n) is 8.76. The van der Waals surface area contributed by atoms with Gasteiger partial charge in [-0.05, 0) is 50.5 Å². The second-order valence-corrected chi connectivity index (χ2v) is 7.18. The lowest BCUT2D eigenvalue weighted by Crippen LogP contribution is -2.38. The summed E-state index contributed by atoms with van der Waals surface area (Å²) in [6.07, 6.45) is 0.876. The van der Waals surface area contributed by atoms with Gasteiger partial charge in [-0.3, -0.25) is 9.67 Å². The van der Waals surface area contributed by atoms with Crippen LogP contribution in [0.2, 0.25) is 10.0 Å². The van der Waals surface area contributed by atoms with Crippen LogP contribution in [0, 0.1) is 13.8 Å². The van der Waals surface area contributed by atoms with Gasteiger partial charge in [0, 0.05) is 39.4 Å². The van der Waals surface area contributed by atoms with Crippen LogP contribution >= 0.6 is 23.2 Å². The van der Waals surface area contributed by atoms with Crippen molar-refractivity contribution in [2.24, 2.45) is 12.0 Å². The molecule has 0 fully saturated rings. The molecular formula is C19H27Cl2N5. The predicted molar refractivity (Wildman–Crippen MR) is 110 cm³/mol. The molecule has 0 bridgehead atoms. The van der Waals surface area contributed by atoms with E-state index in [1.807, 2.05) is 43.9 Å². The third-order valence-corrected chi connectivity index (χ3v) is 5.12. The van der Waals surface area contributed by atoms with E-state index in [0.29, 0.717) is 23.1 Å². The Morgan fingerprint density at radius 1 is 1.27 bits per heavy atom. The molecule has 26 heavy (non-hydrogen) atoms. The molecule has 0 amide bonds. The van der Waals surface area contributed by atoms with E-state index >= 15 is 0 Å². The second kappa shape index (κ2) is 9.28. The van der Waals surface area contributed by atoms with Crippen molar-refractivity contribution in [1.82, 2.24) is 20.0 Å². The van der Waals surface area contributed by atoms with Crippen molar-refractivity contribution in [1.29, 1.82) is 0 Å². The van der Waals surface area contributed by atoms with Gasteiger partial charge in [0.1, 0.15) is 0 Å². The normalized spacial score (nSPS) is 11.7. The van der Waals surface area contributed by atoms with E-state index < -0.39 is 0 Å². The average Bonchev–Trinajstić information content (AvgIpc) is 2.83. The molecule has 2 rings (SSSR count). The maximum atomic E-state index is 6.12. The minimum atomic E-state index is 0.570. The van der Waals surface area contributed by atoms with E-state index in [9.17, 15) is 0 Å². The average molecular weight is 396 g/mol. The number of rotatable bonds is 6. The van der Waals surface area contributed by atoms with Crippen LogP contribution in [0.4, 0.5) is 0 Å². The molecule has 0 saturated carbocycles. The molecule has 0 aliphatic heterocycles. The number of aromatic nitrogens is 2. The molecule has 7 heteroatoms. The van der Waals surface area contributed by atoms with Gasteiger partial charge in [-0.1, -0.05) is 29.3 Å². The number of hydrogen-bond acceptors (Lipinski definition) is 2. The zero-order valence-electron chi connectivity index (χ0n) is 16.1. The SMILES string of the molecule is CCNC(=NCCc1c(C)nn(C)c1C)N(C)Cc1ccc(Cl)c(Cl)c1. The summed E-state index contributed by atoms with van der Waals surface area (Å²) < 4.78 is 1.93. The standard InChI is InChI=1S/C19H27Cl2N5/c1-6-22-19(23-10-9-16-13(2)24-26(5)14(16)3)25(4)12-15-7-8-17(20)18(21)11-15/h7-8,11H,6,9-10,12H2,1-5H3,(H,22,23). The molecule has 1 aromatic carbocycles. The van der Waals surface area contributed by atoms with E-state index in [0.717, 1.165) is 30.2 Å². The lowest BCUT2D eigenvalue weighted by atomic mass is 10.1. The Morgan fingerprint density at radius 3 is 2.58 bits per heavy atom. The largest absolute Gasteiger partial charge is 0.357 e. The van der Waals surface area contributed by atoms with Gasteiger partial charge in [0.25, 0.3) is 0 Å². The van der Waals surface area contributed by atoms with Crippen LogP contribution in [0.5, 0.6) is 0 Å². The van der Waals surface area contributed by atoms with Gasteiger partial charge in [0.05, 0.1) is 15.7 Å². The van der Waals surface area contributed by atoms with Gasteiger partial charge in [0.2, 0.25) is 0 Å². The summed E-state index contributed by atoms with van der Waals surface area (Å²) in [5.41, 5.74) is 4.65. The summed E-state index contributed by atoms with van der Waals surface area (Å²) in [7, 11) is 3.99. The van der Waals surface area contributed by atoms with Gasteiger partial charge in [0.15, 0.2) is 5.96 Å². The number of nitrogens with one attached hydrogen (secondary N) is 1. The molecule has 1 heterocycles. The number of benzene rings is 1. The van der Waals surface area contributed by atoms with E-state index in [-0.39, 0.29) is 0 Å². The quantitative estimate of drug-likeness (QED) is 0.593. The lowest BCUT2D eigenvalue weighted by molar-refractivity contribution is 0.477. The maximum Gasteiger partial charge on any atom is 0.193 e. The molecule has 0 saturated heterocycles. The van der Waals surface area contributed by atoms with E-state index in [1.165, 1.54) is 11.3 Å². The molecule has 2 aromatic rings. The van der Waals surface area contributed by atoms with Crippen molar-refractivity contribution in [3.63, 3.8) is 0 Å². The van der Waals surface area contributed by atoms with Crippen LogP contribution in [0.15, 0.2) is 23.2 Å². The number of halogens is 2. The highest BCUT2D eigenvalue weighted by molar-refractivity contribution is 6.42. The minimum Gasteiger partial charge on any atom is -0.357 e. The smallest absolute Gasteiger partial charge is 0.193 e. The second-order valence-electron chi connectivity index (χ2n) is 6.36. The van der Waals surface area contributed by atoms with Crippen molar-refractivity contribution in [3.05, 3.63) is 50.8 Å². The van der Waals surface area contributed by atoms with Gasteiger partial charge < -0.3 is 10.2 Å². The summed E-state index contributed by atoms with van der Waals surface area (Å²) in [6.45, 7) is 8.44. The van der Waals surface area contributed by atoms with E-state index in [1.54, 1.807) is 0 Å². The Kier molecular flexibility index (Phi) is 7.35. The number of nitrogens with zero attached hydrogens (tertiary/aromatic N) is 4. The molecule has 0 atom stereocenters. The number of aliphatic imine (C=N–C) groups is 1. The van der Waals surface area contributed by atoms with Crippen LogP contribution in [0.25, 0.3) is 0 Å². The maximum absolute atomic E-state index is 6.12. The zero-order chi connectivity index (χ0) is 19.3. The van der Waals surface area contributed by atoms with Gasteiger partial charge in [-0.25, -0.2) is 0 Å². The molecule has 0 unspecified atom stereocenters. The fourth-order valence-corrected chi connectivity index (χ4v) is 3.23. The number of guanidine groups is 1. The molecule has 142 valence electrons. The van der Waals surface area contributed by atoms with Crippen LogP contribution in [-0.2, 0) is 20.0 Å². The highest BCUT2D eigenvalue weighted by Gasteiger charge is 2.11. The lowest BCUT2D eigenvalue weighted by Gasteiger charge is -2.22. The molecule has 1 aromatic heterocycles. The third-order valence-electron chi connectivity index (χ3n) is 4.38. The Bertz CT molecular complexity index is 782. The first kappa shape index (κ1) is 20.6. The van der Waals surface area contributed by atoms with Crippen LogP contribution in [-0.4, -0.2) is 40.8 Å². The fourth-order valence-electron chi connectivity index (χ4n) is 2.91. The highest BCUT2D eigenvalue weighted by Crippen LogP contribution is 2.23. The predicted octanol–water partition coefficient (Wildman–Crippen LogP) is 3.98. The molecular weight excluding hydrogens is 369 g/mol.